The highest BCUT2D eigenvalue weighted by molar-refractivity contribution is 9.10. The Balaban J connectivity index is 2.16. The molecule has 7 nitrogen and oxygen atoms in total. The van der Waals surface area contributed by atoms with Gasteiger partial charge in [-0.1, -0.05) is 56.1 Å². The number of carbonyl (C=O) groups excluding carboxylic acids is 1. The molecule has 2 aromatic rings. The minimum absolute atomic E-state index is 0.0586. The van der Waals surface area contributed by atoms with Crippen LogP contribution in [0, 0.1) is 20.2 Å². The van der Waals surface area contributed by atoms with E-state index in [1.807, 2.05) is 0 Å². The molecule has 0 bridgehead atoms. The molecule has 2 aromatic carbocycles. The fourth-order valence-electron chi connectivity index (χ4n) is 1.99. The highest BCUT2D eigenvalue weighted by Crippen LogP contribution is 2.35. The van der Waals surface area contributed by atoms with Gasteiger partial charge in [-0.3, -0.25) is 25.0 Å². The molecule has 0 spiro atoms. The Kier molecular flexibility index (Phi) is 5.79. The topological polar surface area (TPSA) is 103 Å². The third-order valence-electron chi connectivity index (χ3n) is 3.29. The van der Waals surface area contributed by atoms with Gasteiger partial charge in [-0.15, -0.1) is 0 Å². The van der Waals surface area contributed by atoms with Crippen LogP contribution < -0.4 is 0 Å². The Bertz CT molecular complexity index is 712. The average Bonchev–Trinajstić information content (AvgIpc) is 2.60. The van der Waals surface area contributed by atoms with Crippen LogP contribution in [0.3, 0.4) is 0 Å². The van der Waals surface area contributed by atoms with E-state index in [1.165, 1.54) is 48.5 Å². The van der Waals surface area contributed by atoms with Crippen LogP contribution in [0.1, 0.15) is 20.8 Å². The Morgan fingerprint density at radius 3 is 1.29 bits per heavy atom. The number of benzene rings is 2. The SMILES string of the molecule is O=C(C(Br)c1ccc([N+](=O)[O-])cc1)C(Br)c1ccc([N+](=O)[O-])cc1. The zero-order valence-electron chi connectivity index (χ0n) is 12.0. The second-order valence-corrected chi connectivity index (χ2v) is 6.66. The van der Waals surface area contributed by atoms with Crippen molar-refractivity contribution in [3.05, 3.63) is 79.9 Å². The van der Waals surface area contributed by atoms with Crippen LogP contribution in [0.5, 0.6) is 0 Å². The van der Waals surface area contributed by atoms with Crippen LogP contribution in [-0.2, 0) is 4.79 Å². The summed E-state index contributed by atoms with van der Waals surface area (Å²) in [7, 11) is 0. The Hall–Kier alpha value is -2.13. The summed E-state index contributed by atoms with van der Waals surface area (Å²) in [6.07, 6.45) is 0. The highest BCUT2D eigenvalue weighted by Gasteiger charge is 2.26. The summed E-state index contributed by atoms with van der Waals surface area (Å²) in [4.78, 5) is 31.5. The van der Waals surface area contributed by atoms with Crippen molar-refractivity contribution in [2.75, 3.05) is 0 Å². The van der Waals surface area contributed by atoms with Crippen molar-refractivity contribution in [3.8, 4) is 0 Å². The lowest BCUT2D eigenvalue weighted by atomic mass is 10.0. The monoisotopic (exact) mass is 456 g/mol. The first kappa shape index (κ1) is 18.2. The molecule has 0 aliphatic heterocycles. The van der Waals surface area contributed by atoms with Gasteiger partial charge in [-0.2, -0.15) is 0 Å². The number of ketones is 1. The van der Waals surface area contributed by atoms with Crippen LogP contribution in [0.15, 0.2) is 48.5 Å². The maximum atomic E-state index is 12.5. The average molecular weight is 458 g/mol. The summed E-state index contributed by atoms with van der Waals surface area (Å²) in [6, 6.07) is 11.3. The van der Waals surface area contributed by atoms with Crippen LogP contribution in [0.4, 0.5) is 11.4 Å². The molecule has 2 unspecified atom stereocenters. The van der Waals surface area contributed by atoms with Crippen molar-refractivity contribution in [2.24, 2.45) is 0 Å². The zero-order valence-corrected chi connectivity index (χ0v) is 15.1. The van der Waals surface area contributed by atoms with Gasteiger partial charge in [0.05, 0.1) is 19.5 Å². The molecule has 0 saturated carbocycles. The van der Waals surface area contributed by atoms with E-state index in [9.17, 15) is 25.0 Å². The molecule has 0 aliphatic carbocycles. The van der Waals surface area contributed by atoms with Crippen molar-refractivity contribution in [2.45, 2.75) is 9.65 Å². The number of nitro benzene ring substituents is 2. The number of nitro groups is 2. The number of rotatable bonds is 6. The molecule has 24 heavy (non-hydrogen) atoms. The number of non-ortho nitro benzene ring substituents is 2. The van der Waals surface area contributed by atoms with Gasteiger partial charge in [0.15, 0.2) is 5.78 Å². The lowest BCUT2D eigenvalue weighted by Crippen LogP contribution is -2.12. The number of hydrogen-bond donors (Lipinski definition) is 0. The molecule has 0 fully saturated rings. The van der Waals surface area contributed by atoms with E-state index >= 15 is 0 Å². The molecular formula is C15H10Br2N2O5. The zero-order chi connectivity index (χ0) is 17.9. The smallest absolute Gasteiger partial charge is 0.269 e. The molecule has 0 radical (unpaired) electrons. The van der Waals surface area contributed by atoms with E-state index in [0.717, 1.165) is 0 Å². The van der Waals surface area contributed by atoms with Gasteiger partial charge in [0.25, 0.3) is 11.4 Å². The normalized spacial score (nSPS) is 13.1. The fourth-order valence-corrected chi connectivity index (χ4v) is 3.48. The number of carbonyl (C=O) groups is 1. The fraction of sp³-hybridized carbons (Fsp3) is 0.133. The van der Waals surface area contributed by atoms with E-state index < -0.39 is 19.5 Å². The van der Waals surface area contributed by atoms with Gasteiger partial charge in [0, 0.05) is 24.3 Å². The predicted octanol–water partition coefficient (Wildman–Crippen LogP) is 4.64. The molecule has 0 amide bonds. The minimum atomic E-state index is -0.669. The predicted molar refractivity (Wildman–Crippen MR) is 94.5 cm³/mol. The molecule has 2 atom stereocenters. The molecule has 0 aromatic heterocycles. The third-order valence-corrected chi connectivity index (χ3v) is 5.25. The van der Waals surface area contributed by atoms with Crippen LogP contribution in [-0.4, -0.2) is 15.6 Å². The Morgan fingerprint density at radius 1 is 0.750 bits per heavy atom. The van der Waals surface area contributed by atoms with E-state index in [1.54, 1.807) is 0 Å². The summed E-state index contributed by atoms with van der Waals surface area (Å²) in [5, 5.41) is 21.3. The summed E-state index contributed by atoms with van der Waals surface area (Å²) in [6.45, 7) is 0. The number of nitrogens with zero attached hydrogens (tertiary/aromatic N) is 2. The number of alkyl halides is 2. The Labute approximate surface area is 153 Å². The van der Waals surface area contributed by atoms with Gasteiger partial charge in [0.2, 0.25) is 0 Å². The lowest BCUT2D eigenvalue weighted by molar-refractivity contribution is -0.385. The second kappa shape index (κ2) is 7.63. The van der Waals surface area contributed by atoms with Crippen LogP contribution in [0.25, 0.3) is 0 Å². The largest absolute Gasteiger partial charge is 0.296 e. The summed E-state index contributed by atoms with van der Waals surface area (Å²) in [5.74, 6) is -0.224. The number of Topliss-reactive ketones (excluding diaryl/α,β-unsaturated/α-hetero) is 1. The third kappa shape index (κ3) is 4.04. The van der Waals surface area contributed by atoms with E-state index in [4.69, 9.17) is 0 Å². The first-order chi connectivity index (χ1) is 11.3. The summed E-state index contributed by atoms with van der Waals surface area (Å²) >= 11 is 6.58. The summed E-state index contributed by atoms with van der Waals surface area (Å²) in [5.41, 5.74) is 1.04. The Morgan fingerprint density at radius 2 is 1.04 bits per heavy atom. The molecule has 0 heterocycles. The van der Waals surface area contributed by atoms with Crippen molar-refractivity contribution in [1.29, 1.82) is 0 Å². The standard InChI is InChI=1S/C15H10Br2N2O5/c16-13(9-1-5-11(6-2-9)18(21)22)15(20)14(17)10-3-7-12(8-4-10)19(23)24/h1-8,13-14H. The molecule has 9 heteroatoms. The molecule has 0 saturated heterocycles. The van der Waals surface area contributed by atoms with Crippen molar-refractivity contribution < 1.29 is 14.6 Å². The number of hydrogen-bond acceptors (Lipinski definition) is 5. The lowest BCUT2D eigenvalue weighted by Gasteiger charge is -2.14. The van der Waals surface area contributed by atoms with Gasteiger partial charge in [0.1, 0.15) is 0 Å². The van der Waals surface area contributed by atoms with E-state index in [0.29, 0.717) is 11.1 Å². The van der Waals surface area contributed by atoms with E-state index in [2.05, 4.69) is 31.9 Å². The number of halogens is 2. The van der Waals surface area contributed by atoms with Crippen molar-refractivity contribution in [1.82, 2.24) is 0 Å². The second-order valence-electron chi connectivity index (χ2n) is 4.82. The van der Waals surface area contributed by atoms with Crippen LogP contribution >= 0.6 is 31.9 Å². The molecule has 2 rings (SSSR count). The minimum Gasteiger partial charge on any atom is -0.296 e. The first-order valence-electron chi connectivity index (χ1n) is 6.62. The van der Waals surface area contributed by atoms with Crippen molar-refractivity contribution >= 4 is 49.0 Å². The van der Waals surface area contributed by atoms with Gasteiger partial charge in [-0.25, -0.2) is 0 Å². The van der Waals surface area contributed by atoms with Crippen molar-refractivity contribution in [3.63, 3.8) is 0 Å². The van der Waals surface area contributed by atoms with Gasteiger partial charge in [-0.05, 0) is 11.1 Å². The quantitative estimate of drug-likeness (QED) is 0.357. The molecule has 124 valence electrons. The van der Waals surface area contributed by atoms with Gasteiger partial charge < -0.3 is 0 Å². The molecule has 0 aliphatic rings. The highest BCUT2D eigenvalue weighted by atomic mass is 79.9. The van der Waals surface area contributed by atoms with Crippen LogP contribution in [0.2, 0.25) is 0 Å². The summed E-state index contributed by atoms with van der Waals surface area (Å²) < 4.78 is 0. The molecule has 0 N–H and O–H groups in total. The van der Waals surface area contributed by atoms with Gasteiger partial charge >= 0.3 is 0 Å². The maximum Gasteiger partial charge on any atom is 0.269 e. The first-order valence-corrected chi connectivity index (χ1v) is 8.45. The maximum absolute atomic E-state index is 12.5. The van der Waals surface area contributed by atoms with E-state index in [-0.39, 0.29) is 17.2 Å². The molecular weight excluding hydrogens is 448 g/mol.